The fourth-order valence-corrected chi connectivity index (χ4v) is 2.00. The van der Waals surface area contributed by atoms with Crippen molar-refractivity contribution in [3.63, 3.8) is 0 Å². The second-order valence-electron chi connectivity index (χ2n) is 4.94. The van der Waals surface area contributed by atoms with E-state index in [1.54, 1.807) is 0 Å². The molecule has 0 saturated heterocycles. The third-order valence-corrected chi connectivity index (χ3v) is 3.09. The smallest absolute Gasteiger partial charge is 0.185 e. The highest BCUT2D eigenvalue weighted by atomic mass is 16.5. The van der Waals surface area contributed by atoms with Crippen molar-refractivity contribution in [2.45, 2.75) is 13.2 Å². The molecule has 5 heteroatoms. The van der Waals surface area contributed by atoms with Crippen LogP contribution in [-0.2, 0) is 13.2 Å². The Hall–Kier alpha value is -2.53. The van der Waals surface area contributed by atoms with Crippen LogP contribution in [0.2, 0.25) is 0 Å². The van der Waals surface area contributed by atoms with Gasteiger partial charge in [-0.2, -0.15) is 0 Å². The van der Waals surface area contributed by atoms with Gasteiger partial charge in [-0.05, 0) is 23.3 Å². The van der Waals surface area contributed by atoms with Gasteiger partial charge in [-0.3, -0.25) is 5.41 Å². The maximum absolute atomic E-state index is 7.06. The Labute approximate surface area is 131 Å². The van der Waals surface area contributed by atoms with Crippen LogP contribution >= 0.6 is 0 Å². The summed E-state index contributed by atoms with van der Waals surface area (Å²) in [6, 6.07) is 18.2. The molecule has 0 radical (unpaired) electrons. The van der Waals surface area contributed by atoms with E-state index in [0.29, 0.717) is 13.2 Å². The molecule has 2 rings (SSSR count). The van der Waals surface area contributed by atoms with Crippen LogP contribution in [0.5, 0.6) is 5.75 Å². The van der Waals surface area contributed by atoms with Crippen LogP contribution in [0.25, 0.3) is 0 Å². The van der Waals surface area contributed by atoms with Crippen molar-refractivity contribution in [2.75, 3.05) is 13.1 Å². The molecule has 116 valence electrons. The number of hydrogen-bond acceptors (Lipinski definition) is 3. The van der Waals surface area contributed by atoms with Crippen molar-refractivity contribution >= 4 is 5.96 Å². The van der Waals surface area contributed by atoms with Crippen LogP contribution in [0.1, 0.15) is 11.1 Å². The van der Waals surface area contributed by atoms with Gasteiger partial charge in [0, 0.05) is 19.6 Å². The van der Waals surface area contributed by atoms with E-state index < -0.39 is 0 Å². The number of ether oxygens (including phenoxy) is 1. The maximum Gasteiger partial charge on any atom is 0.185 e. The van der Waals surface area contributed by atoms with E-state index >= 15 is 0 Å². The Kier molecular flexibility index (Phi) is 6.26. The lowest BCUT2D eigenvalue weighted by molar-refractivity contribution is 0.306. The maximum atomic E-state index is 7.06. The zero-order valence-corrected chi connectivity index (χ0v) is 12.5. The first-order valence-corrected chi connectivity index (χ1v) is 7.28. The molecule has 0 spiro atoms. The van der Waals surface area contributed by atoms with E-state index in [2.05, 4.69) is 16.7 Å². The number of nitrogens with one attached hydrogen (secondary N) is 3. The summed E-state index contributed by atoms with van der Waals surface area (Å²) in [6.07, 6.45) is 0. The molecule has 0 amide bonds. The van der Waals surface area contributed by atoms with Gasteiger partial charge in [0.1, 0.15) is 12.4 Å². The average molecular weight is 298 g/mol. The Morgan fingerprint density at radius 2 is 1.77 bits per heavy atom. The number of benzene rings is 2. The Morgan fingerprint density at radius 1 is 1.00 bits per heavy atom. The molecule has 5 nitrogen and oxygen atoms in total. The minimum absolute atomic E-state index is 0.00175. The van der Waals surface area contributed by atoms with Crippen LogP contribution in [0.15, 0.2) is 54.6 Å². The van der Waals surface area contributed by atoms with Gasteiger partial charge < -0.3 is 21.1 Å². The molecule has 0 saturated carbocycles. The highest BCUT2D eigenvalue weighted by Gasteiger charge is 1.98. The van der Waals surface area contributed by atoms with Gasteiger partial charge in [-0.25, -0.2) is 0 Å². The number of nitrogens with two attached hydrogens (primary N) is 1. The fraction of sp³-hybridized carbons (Fsp3) is 0.235. The Bertz CT molecular complexity index is 586. The fourth-order valence-electron chi connectivity index (χ4n) is 2.00. The predicted molar refractivity (Wildman–Crippen MR) is 88.8 cm³/mol. The second-order valence-corrected chi connectivity index (χ2v) is 4.94. The van der Waals surface area contributed by atoms with Crippen LogP contribution < -0.4 is 21.1 Å². The molecule has 5 N–H and O–H groups in total. The lowest BCUT2D eigenvalue weighted by Crippen LogP contribution is -2.35. The van der Waals surface area contributed by atoms with E-state index in [0.717, 1.165) is 30.0 Å². The van der Waals surface area contributed by atoms with Crippen LogP contribution in [-0.4, -0.2) is 19.0 Å². The SMILES string of the molecule is N=C(N)NCCNCc1cccc(OCc2ccccc2)c1. The van der Waals surface area contributed by atoms with Crippen LogP contribution in [0.4, 0.5) is 0 Å². The number of guanidine groups is 1. The monoisotopic (exact) mass is 298 g/mol. The molecule has 0 unspecified atom stereocenters. The predicted octanol–water partition coefficient (Wildman–Crippen LogP) is 1.84. The summed E-state index contributed by atoms with van der Waals surface area (Å²) in [6.45, 7) is 2.70. The van der Waals surface area contributed by atoms with Gasteiger partial charge in [0.25, 0.3) is 0 Å². The molecule has 0 aromatic heterocycles. The Balaban J connectivity index is 1.76. The molecule has 0 bridgehead atoms. The molecule has 2 aromatic carbocycles. The van der Waals surface area contributed by atoms with E-state index in [1.807, 2.05) is 48.5 Å². The lowest BCUT2D eigenvalue weighted by atomic mass is 10.2. The minimum atomic E-state index is -0.00175. The molecule has 0 heterocycles. The molecule has 0 aliphatic carbocycles. The van der Waals surface area contributed by atoms with Gasteiger partial charge in [0.05, 0.1) is 0 Å². The molecular formula is C17H22N4O. The summed E-state index contributed by atoms with van der Waals surface area (Å²) in [5, 5.41) is 13.1. The van der Waals surface area contributed by atoms with Crippen molar-refractivity contribution in [2.24, 2.45) is 5.73 Å². The molecule has 0 fully saturated rings. The van der Waals surface area contributed by atoms with Crippen LogP contribution in [0.3, 0.4) is 0 Å². The quantitative estimate of drug-likeness (QED) is 0.340. The molecule has 22 heavy (non-hydrogen) atoms. The summed E-state index contributed by atoms with van der Waals surface area (Å²) < 4.78 is 5.81. The van der Waals surface area contributed by atoms with Gasteiger partial charge >= 0.3 is 0 Å². The molecule has 0 atom stereocenters. The van der Waals surface area contributed by atoms with Crippen molar-refractivity contribution in [3.05, 3.63) is 65.7 Å². The van der Waals surface area contributed by atoms with Crippen molar-refractivity contribution in [1.82, 2.24) is 10.6 Å². The van der Waals surface area contributed by atoms with E-state index in [-0.39, 0.29) is 5.96 Å². The van der Waals surface area contributed by atoms with Gasteiger partial charge in [-0.1, -0.05) is 42.5 Å². The lowest BCUT2D eigenvalue weighted by Gasteiger charge is -2.09. The standard InChI is InChI=1S/C17H22N4O/c18-17(19)21-10-9-20-12-15-7-4-8-16(11-15)22-13-14-5-2-1-3-6-14/h1-8,11,20H,9-10,12-13H2,(H4,18,19,21). The van der Waals surface area contributed by atoms with Crippen molar-refractivity contribution < 1.29 is 4.74 Å². The van der Waals surface area contributed by atoms with Gasteiger partial charge in [0.15, 0.2) is 5.96 Å². The van der Waals surface area contributed by atoms with E-state index in [4.69, 9.17) is 15.9 Å². The van der Waals surface area contributed by atoms with Gasteiger partial charge in [0.2, 0.25) is 0 Å². The third-order valence-electron chi connectivity index (χ3n) is 3.09. The summed E-state index contributed by atoms with van der Waals surface area (Å²) in [5.41, 5.74) is 7.53. The molecule has 2 aromatic rings. The summed E-state index contributed by atoms with van der Waals surface area (Å²) in [4.78, 5) is 0. The average Bonchev–Trinajstić information content (AvgIpc) is 2.54. The zero-order chi connectivity index (χ0) is 15.6. The molecular weight excluding hydrogens is 276 g/mol. The highest BCUT2D eigenvalue weighted by Crippen LogP contribution is 2.15. The first-order chi connectivity index (χ1) is 10.7. The number of hydrogen-bond donors (Lipinski definition) is 4. The van der Waals surface area contributed by atoms with Crippen molar-refractivity contribution in [3.8, 4) is 5.75 Å². The topological polar surface area (TPSA) is 83.2 Å². The summed E-state index contributed by atoms with van der Waals surface area (Å²) in [5.74, 6) is 0.864. The van der Waals surface area contributed by atoms with Gasteiger partial charge in [-0.15, -0.1) is 0 Å². The first-order valence-electron chi connectivity index (χ1n) is 7.28. The van der Waals surface area contributed by atoms with Crippen LogP contribution in [0, 0.1) is 5.41 Å². The number of rotatable bonds is 8. The third kappa shape index (κ3) is 5.85. The first kappa shape index (κ1) is 15.9. The van der Waals surface area contributed by atoms with E-state index in [9.17, 15) is 0 Å². The van der Waals surface area contributed by atoms with E-state index in [1.165, 1.54) is 0 Å². The molecule has 0 aliphatic heterocycles. The summed E-state index contributed by atoms with van der Waals surface area (Å²) in [7, 11) is 0. The highest BCUT2D eigenvalue weighted by molar-refractivity contribution is 5.74. The van der Waals surface area contributed by atoms with Crippen molar-refractivity contribution in [1.29, 1.82) is 5.41 Å². The second kappa shape index (κ2) is 8.69. The largest absolute Gasteiger partial charge is 0.489 e. The Morgan fingerprint density at radius 3 is 2.55 bits per heavy atom. The zero-order valence-electron chi connectivity index (χ0n) is 12.5. The normalized spacial score (nSPS) is 10.2. The molecule has 0 aliphatic rings. The summed E-state index contributed by atoms with van der Waals surface area (Å²) >= 11 is 0. The minimum Gasteiger partial charge on any atom is -0.489 e.